The van der Waals surface area contributed by atoms with E-state index >= 15 is 0 Å². The van der Waals surface area contributed by atoms with Crippen LogP contribution in [-0.4, -0.2) is 22.3 Å². The fourth-order valence-electron chi connectivity index (χ4n) is 2.07. The Morgan fingerprint density at radius 1 is 1.30 bits per heavy atom. The zero-order valence-electron chi connectivity index (χ0n) is 11.8. The summed E-state index contributed by atoms with van der Waals surface area (Å²) in [5.41, 5.74) is 1.45. The predicted octanol–water partition coefficient (Wildman–Crippen LogP) is 3.68. The summed E-state index contributed by atoms with van der Waals surface area (Å²) in [6.07, 6.45) is 0. The highest BCUT2D eigenvalue weighted by Gasteiger charge is 2.11. The van der Waals surface area contributed by atoms with Crippen molar-refractivity contribution in [3.63, 3.8) is 0 Å². The zero-order chi connectivity index (χ0) is 14.5. The van der Waals surface area contributed by atoms with Gasteiger partial charge in [-0.15, -0.1) is 11.3 Å². The third-order valence-electron chi connectivity index (χ3n) is 3.29. The van der Waals surface area contributed by atoms with E-state index in [0.717, 1.165) is 18.7 Å². The maximum atomic E-state index is 11.4. The van der Waals surface area contributed by atoms with Gasteiger partial charge in [-0.1, -0.05) is 13.0 Å². The lowest BCUT2D eigenvalue weighted by Gasteiger charge is -2.20. The van der Waals surface area contributed by atoms with Crippen LogP contribution in [0.1, 0.15) is 34.6 Å². The summed E-state index contributed by atoms with van der Waals surface area (Å²) in [6, 6.07) is 9.21. The lowest BCUT2D eigenvalue weighted by molar-refractivity contribution is 0.101. The van der Waals surface area contributed by atoms with Gasteiger partial charge in [-0.25, -0.2) is 0 Å². The van der Waals surface area contributed by atoms with Crippen molar-refractivity contribution in [1.82, 2.24) is 4.90 Å². The number of thiophene rings is 1. The molecule has 1 aromatic carbocycles. The van der Waals surface area contributed by atoms with E-state index in [4.69, 9.17) is 0 Å². The van der Waals surface area contributed by atoms with Crippen molar-refractivity contribution in [3.05, 3.63) is 51.7 Å². The van der Waals surface area contributed by atoms with Crippen molar-refractivity contribution in [1.29, 1.82) is 0 Å². The summed E-state index contributed by atoms with van der Waals surface area (Å²) < 4.78 is 0. The minimum absolute atomic E-state index is 0.0209. The highest BCUT2D eigenvalue weighted by molar-refractivity contribution is 7.09. The molecule has 0 aliphatic carbocycles. The molecule has 0 unspecified atom stereocenters. The molecule has 4 heteroatoms. The Morgan fingerprint density at radius 3 is 2.70 bits per heavy atom. The van der Waals surface area contributed by atoms with Crippen molar-refractivity contribution in [3.8, 4) is 5.75 Å². The van der Waals surface area contributed by atoms with Crippen LogP contribution in [-0.2, 0) is 13.1 Å². The number of carbonyl (C=O) groups excluding carboxylic acids is 1. The number of Topliss-reactive ketones (excluding diaryl/α,β-unsaturated/α-hetero) is 1. The van der Waals surface area contributed by atoms with E-state index < -0.39 is 0 Å². The number of phenols is 1. The molecule has 3 nitrogen and oxygen atoms in total. The van der Waals surface area contributed by atoms with Crippen LogP contribution >= 0.6 is 11.3 Å². The predicted molar refractivity (Wildman–Crippen MR) is 82.2 cm³/mol. The van der Waals surface area contributed by atoms with Crippen molar-refractivity contribution in [2.24, 2.45) is 0 Å². The molecule has 0 amide bonds. The van der Waals surface area contributed by atoms with Crippen molar-refractivity contribution < 1.29 is 9.90 Å². The highest BCUT2D eigenvalue weighted by atomic mass is 32.1. The van der Waals surface area contributed by atoms with E-state index in [2.05, 4.69) is 23.3 Å². The number of hydrogen-bond acceptors (Lipinski definition) is 4. The molecule has 0 atom stereocenters. The van der Waals surface area contributed by atoms with Gasteiger partial charge in [0.05, 0.1) is 0 Å². The smallest absolute Gasteiger partial charge is 0.159 e. The molecular formula is C16H19NO2S. The molecule has 1 aromatic heterocycles. The van der Waals surface area contributed by atoms with Gasteiger partial charge in [0.15, 0.2) is 5.78 Å². The van der Waals surface area contributed by atoms with E-state index in [1.54, 1.807) is 36.5 Å². The Hall–Kier alpha value is -1.65. The van der Waals surface area contributed by atoms with Crippen LogP contribution < -0.4 is 0 Å². The largest absolute Gasteiger partial charge is 0.508 e. The van der Waals surface area contributed by atoms with Crippen LogP contribution in [0.25, 0.3) is 0 Å². The number of aromatic hydroxyl groups is 1. The molecule has 1 heterocycles. The molecule has 20 heavy (non-hydrogen) atoms. The SMILES string of the molecule is CCN(Cc1cccs1)Cc1cc(C(C)=O)ccc1O. The van der Waals surface area contributed by atoms with E-state index in [1.165, 1.54) is 4.88 Å². The van der Waals surface area contributed by atoms with Gasteiger partial charge in [-0.05, 0) is 43.1 Å². The van der Waals surface area contributed by atoms with Gasteiger partial charge in [0.1, 0.15) is 5.75 Å². The van der Waals surface area contributed by atoms with Crippen LogP contribution in [0.2, 0.25) is 0 Å². The number of hydrogen-bond donors (Lipinski definition) is 1. The first-order valence-electron chi connectivity index (χ1n) is 6.67. The molecule has 2 rings (SSSR count). The number of phenolic OH excluding ortho intramolecular Hbond substituents is 1. The highest BCUT2D eigenvalue weighted by Crippen LogP contribution is 2.22. The summed E-state index contributed by atoms with van der Waals surface area (Å²) in [4.78, 5) is 15.0. The number of nitrogens with zero attached hydrogens (tertiary/aromatic N) is 1. The quantitative estimate of drug-likeness (QED) is 0.825. The van der Waals surface area contributed by atoms with E-state index in [0.29, 0.717) is 12.1 Å². The fraction of sp³-hybridized carbons (Fsp3) is 0.312. The average Bonchev–Trinajstić information content (AvgIpc) is 2.92. The molecule has 1 N–H and O–H groups in total. The standard InChI is InChI=1S/C16H19NO2S/c1-3-17(11-15-5-4-8-20-15)10-14-9-13(12(2)18)6-7-16(14)19/h4-9,19H,3,10-11H2,1-2H3. The van der Waals surface area contributed by atoms with Crippen LogP contribution in [0.15, 0.2) is 35.7 Å². The minimum atomic E-state index is 0.0209. The Balaban J connectivity index is 2.14. The monoisotopic (exact) mass is 289 g/mol. The third-order valence-corrected chi connectivity index (χ3v) is 4.15. The summed E-state index contributed by atoms with van der Waals surface area (Å²) in [6.45, 7) is 6.03. The topological polar surface area (TPSA) is 40.5 Å². The Bertz CT molecular complexity index is 578. The second-order valence-corrected chi connectivity index (χ2v) is 5.81. The number of carbonyl (C=O) groups is 1. The van der Waals surface area contributed by atoms with Gasteiger partial charge in [0.2, 0.25) is 0 Å². The fourth-order valence-corrected chi connectivity index (χ4v) is 2.82. The van der Waals surface area contributed by atoms with E-state index in [-0.39, 0.29) is 11.5 Å². The Kier molecular flexibility index (Phi) is 4.93. The molecule has 2 aromatic rings. The molecule has 0 bridgehead atoms. The lowest BCUT2D eigenvalue weighted by Crippen LogP contribution is -2.22. The molecule has 0 aliphatic heterocycles. The van der Waals surface area contributed by atoms with Gasteiger partial charge in [0, 0.05) is 29.1 Å². The second kappa shape index (κ2) is 6.68. The molecule has 0 saturated carbocycles. The maximum Gasteiger partial charge on any atom is 0.159 e. The molecule has 0 spiro atoms. The van der Waals surface area contributed by atoms with Crippen LogP contribution in [0.5, 0.6) is 5.75 Å². The number of rotatable bonds is 6. The molecule has 0 aliphatic rings. The maximum absolute atomic E-state index is 11.4. The molecule has 0 radical (unpaired) electrons. The van der Waals surface area contributed by atoms with E-state index in [9.17, 15) is 9.90 Å². The summed E-state index contributed by atoms with van der Waals surface area (Å²) in [5.74, 6) is 0.271. The van der Waals surface area contributed by atoms with Crippen molar-refractivity contribution in [2.45, 2.75) is 26.9 Å². The average molecular weight is 289 g/mol. The number of ketones is 1. The van der Waals surface area contributed by atoms with Crippen molar-refractivity contribution in [2.75, 3.05) is 6.54 Å². The summed E-state index contributed by atoms with van der Waals surface area (Å²) in [5, 5.41) is 12.0. The van der Waals surface area contributed by atoms with Gasteiger partial charge < -0.3 is 5.11 Å². The lowest BCUT2D eigenvalue weighted by atomic mass is 10.1. The first-order valence-corrected chi connectivity index (χ1v) is 7.55. The van der Waals surface area contributed by atoms with Crippen molar-refractivity contribution >= 4 is 17.1 Å². The normalized spacial score (nSPS) is 10.9. The molecule has 0 saturated heterocycles. The molecule has 0 fully saturated rings. The first kappa shape index (κ1) is 14.8. The zero-order valence-corrected chi connectivity index (χ0v) is 12.6. The van der Waals surface area contributed by atoms with Gasteiger partial charge >= 0.3 is 0 Å². The van der Waals surface area contributed by atoms with Gasteiger partial charge in [-0.3, -0.25) is 9.69 Å². The Labute approximate surface area is 123 Å². The second-order valence-electron chi connectivity index (χ2n) is 4.78. The van der Waals surface area contributed by atoms with Crippen LogP contribution in [0, 0.1) is 0 Å². The minimum Gasteiger partial charge on any atom is -0.508 e. The van der Waals surface area contributed by atoms with E-state index in [1.807, 2.05) is 6.07 Å². The Morgan fingerprint density at radius 2 is 2.10 bits per heavy atom. The third kappa shape index (κ3) is 3.68. The van der Waals surface area contributed by atoms with Gasteiger partial charge in [0.25, 0.3) is 0 Å². The summed E-state index contributed by atoms with van der Waals surface area (Å²) in [7, 11) is 0. The molecule has 106 valence electrons. The van der Waals surface area contributed by atoms with Gasteiger partial charge in [-0.2, -0.15) is 0 Å². The summed E-state index contributed by atoms with van der Waals surface area (Å²) >= 11 is 1.73. The first-order chi connectivity index (χ1) is 9.60. The van der Waals surface area contributed by atoms with Crippen LogP contribution in [0.3, 0.4) is 0 Å². The number of benzene rings is 1. The van der Waals surface area contributed by atoms with Crippen LogP contribution in [0.4, 0.5) is 0 Å². The molecular weight excluding hydrogens is 270 g/mol.